The largest absolute Gasteiger partial charge is 0.478 e. The van der Waals surface area contributed by atoms with E-state index in [9.17, 15) is 9.90 Å². The maximum absolute atomic E-state index is 11.8. The molecule has 1 aromatic carbocycles. The third-order valence-electron chi connectivity index (χ3n) is 5.74. The number of nitrogens with two attached hydrogens (primary N) is 1. The number of aromatic carboxylic acids is 1. The van der Waals surface area contributed by atoms with Gasteiger partial charge in [-0.2, -0.15) is 0 Å². The van der Waals surface area contributed by atoms with E-state index in [1.54, 1.807) is 7.11 Å². The number of nitrogens with zero attached hydrogens (tertiary/aromatic N) is 1. The number of piperidine rings is 1. The van der Waals surface area contributed by atoms with Crippen LogP contribution in [0.25, 0.3) is 0 Å². The van der Waals surface area contributed by atoms with Crippen molar-refractivity contribution < 1.29 is 14.6 Å². The fourth-order valence-electron chi connectivity index (χ4n) is 4.47. The molecule has 0 bridgehead atoms. The topological polar surface area (TPSA) is 75.8 Å². The zero-order chi connectivity index (χ0) is 17.4. The average Bonchev–Trinajstić information content (AvgIpc) is 3.02. The van der Waals surface area contributed by atoms with Crippen LogP contribution < -0.4 is 5.73 Å². The van der Waals surface area contributed by atoms with Crippen LogP contribution in [-0.4, -0.2) is 48.8 Å². The fraction of sp³-hybridized carbons (Fsp3) is 0.611. The highest BCUT2D eigenvalue weighted by atomic mass is 35.5. The molecule has 1 fully saturated rings. The Labute approximate surface area is 147 Å². The number of rotatable bonds is 4. The van der Waals surface area contributed by atoms with Crippen molar-refractivity contribution in [1.29, 1.82) is 0 Å². The highest BCUT2D eigenvalue weighted by Crippen LogP contribution is 2.48. The second-order valence-corrected chi connectivity index (χ2v) is 7.19. The highest BCUT2D eigenvalue weighted by Gasteiger charge is 2.41. The molecule has 3 atom stereocenters. The van der Waals surface area contributed by atoms with Crippen LogP contribution in [0, 0.1) is 5.92 Å². The number of hydrogen-bond acceptors (Lipinski definition) is 4. The molecule has 24 heavy (non-hydrogen) atoms. The first-order valence-corrected chi connectivity index (χ1v) is 8.94. The van der Waals surface area contributed by atoms with E-state index in [1.807, 2.05) is 0 Å². The van der Waals surface area contributed by atoms with Crippen molar-refractivity contribution in [1.82, 2.24) is 4.90 Å². The number of carbonyl (C=O) groups is 1. The van der Waals surface area contributed by atoms with Crippen molar-refractivity contribution in [2.24, 2.45) is 5.92 Å². The summed E-state index contributed by atoms with van der Waals surface area (Å²) in [4.78, 5) is 14.1. The van der Waals surface area contributed by atoms with Crippen molar-refractivity contribution in [2.45, 2.75) is 38.2 Å². The summed E-state index contributed by atoms with van der Waals surface area (Å²) in [5.41, 5.74) is 8.81. The van der Waals surface area contributed by atoms with Crippen LogP contribution >= 0.6 is 11.6 Å². The quantitative estimate of drug-likeness (QED) is 0.815. The van der Waals surface area contributed by atoms with Gasteiger partial charge < -0.3 is 20.5 Å². The van der Waals surface area contributed by atoms with E-state index in [2.05, 4.69) is 11.8 Å². The normalized spacial score (nSPS) is 27.2. The molecule has 0 radical (unpaired) electrons. The molecule has 6 heteroatoms. The lowest BCUT2D eigenvalue weighted by molar-refractivity contribution is -0.0192. The number of carboxylic acids is 1. The summed E-state index contributed by atoms with van der Waals surface area (Å²) in [5.74, 6) is -0.438. The lowest BCUT2D eigenvalue weighted by Crippen LogP contribution is -2.46. The molecule has 1 saturated heterocycles. The minimum absolute atomic E-state index is 0.119. The van der Waals surface area contributed by atoms with Gasteiger partial charge in [0.2, 0.25) is 0 Å². The molecule has 0 amide bonds. The zero-order valence-corrected chi connectivity index (χ0v) is 15.0. The molecule has 0 aromatic heterocycles. The van der Waals surface area contributed by atoms with Crippen LogP contribution in [0.4, 0.5) is 5.69 Å². The summed E-state index contributed by atoms with van der Waals surface area (Å²) in [5, 5.41) is 9.99. The number of ether oxygens (including phenoxy) is 1. The summed E-state index contributed by atoms with van der Waals surface area (Å²) in [6.45, 7) is 5.09. The number of fused-ring (bicyclic) bond motifs is 1. The minimum atomic E-state index is -0.931. The number of anilines is 1. The molecular formula is C18H25ClN2O3. The number of methoxy groups -OCH3 is 1. The van der Waals surface area contributed by atoms with Gasteiger partial charge in [-0.25, -0.2) is 4.79 Å². The molecule has 3 N–H and O–H groups in total. The fourth-order valence-corrected chi connectivity index (χ4v) is 4.69. The Morgan fingerprint density at radius 1 is 1.50 bits per heavy atom. The number of hydrogen-bond donors (Lipinski definition) is 2. The third kappa shape index (κ3) is 2.89. The zero-order valence-electron chi connectivity index (χ0n) is 14.2. The van der Waals surface area contributed by atoms with Gasteiger partial charge in [-0.1, -0.05) is 18.5 Å². The van der Waals surface area contributed by atoms with Gasteiger partial charge in [-0.3, -0.25) is 0 Å². The van der Waals surface area contributed by atoms with Gasteiger partial charge in [-0.15, -0.1) is 0 Å². The third-order valence-corrected chi connectivity index (χ3v) is 6.05. The lowest BCUT2D eigenvalue weighted by atomic mass is 9.77. The maximum Gasteiger partial charge on any atom is 0.336 e. The first kappa shape index (κ1) is 17.5. The van der Waals surface area contributed by atoms with E-state index in [0.717, 1.165) is 50.0 Å². The molecular weight excluding hydrogens is 328 g/mol. The molecule has 0 saturated carbocycles. The van der Waals surface area contributed by atoms with Gasteiger partial charge in [0.1, 0.15) is 0 Å². The smallest absolute Gasteiger partial charge is 0.336 e. The van der Waals surface area contributed by atoms with E-state index < -0.39 is 5.97 Å². The molecule has 1 aliphatic heterocycles. The summed E-state index contributed by atoms with van der Waals surface area (Å²) < 4.78 is 5.77. The molecule has 1 aromatic rings. The van der Waals surface area contributed by atoms with Crippen molar-refractivity contribution >= 4 is 23.3 Å². The van der Waals surface area contributed by atoms with Crippen LogP contribution in [0.5, 0.6) is 0 Å². The number of likely N-dealkylation sites (N-methyl/N-ethyl adjacent to an activating group) is 1. The number of halogens is 1. The molecule has 5 nitrogen and oxygen atoms in total. The van der Waals surface area contributed by atoms with Gasteiger partial charge in [0.05, 0.1) is 22.4 Å². The SMILES string of the molecule is CCN1CCC(C2CCc3c(N)c(Cl)cc(C(=O)O)c32)C(OC)C1. The molecule has 1 aliphatic carbocycles. The van der Waals surface area contributed by atoms with Gasteiger partial charge in [0, 0.05) is 13.7 Å². The van der Waals surface area contributed by atoms with E-state index in [0.29, 0.717) is 22.2 Å². The standard InChI is InChI=1S/C18H25ClN2O3/c1-3-21-7-6-10(15(9-21)24-2)11-4-5-12-16(11)13(18(22)23)8-14(19)17(12)20/h8,10-11,15H,3-7,9,20H2,1-2H3,(H,22,23). The number of likely N-dealkylation sites (tertiary alicyclic amines) is 1. The Morgan fingerprint density at radius 3 is 2.88 bits per heavy atom. The molecule has 1 heterocycles. The molecule has 3 unspecified atom stereocenters. The molecule has 2 aliphatic rings. The van der Waals surface area contributed by atoms with Gasteiger partial charge >= 0.3 is 5.97 Å². The Balaban J connectivity index is 1.99. The van der Waals surface area contributed by atoms with Crippen LogP contribution in [0.3, 0.4) is 0 Å². The summed E-state index contributed by atoms with van der Waals surface area (Å²) in [6.07, 6.45) is 2.83. The summed E-state index contributed by atoms with van der Waals surface area (Å²) in [6, 6.07) is 1.51. The van der Waals surface area contributed by atoms with E-state index in [1.165, 1.54) is 6.07 Å². The first-order valence-electron chi connectivity index (χ1n) is 8.57. The van der Waals surface area contributed by atoms with E-state index in [4.69, 9.17) is 22.1 Å². The maximum atomic E-state index is 11.8. The second kappa shape index (κ2) is 6.90. The second-order valence-electron chi connectivity index (χ2n) is 6.78. The summed E-state index contributed by atoms with van der Waals surface area (Å²) in [7, 11) is 1.75. The Hall–Kier alpha value is -1.30. The van der Waals surface area contributed by atoms with E-state index in [-0.39, 0.29) is 12.0 Å². The van der Waals surface area contributed by atoms with Gasteiger partial charge in [-0.05, 0) is 61.4 Å². The van der Waals surface area contributed by atoms with Gasteiger partial charge in [0.25, 0.3) is 0 Å². The molecule has 3 rings (SSSR count). The Morgan fingerprint density at radius 2 is 2.25 bits per heavy atom. The number of benzene rings is 1. The van der Waals surface area contributed by atoms with Crippen LogP contribution in [-0.2, 0) is 11.2 Å². The molecule has 0 spiro atoms. The Kier molecular flexibility index (Phi) is 5.04. The van der Waals surface area contributed by atoms with Crippen LogP contribution in [0.2, 0.25) is 5.02 Å². The Bertz CT molecular complexity index is 650. The first-order chi connectivity index (χ1) is 11.5. The summed E-state index contributed by atoms with van der Waals surface area (Å²) >= 11 is 6.15. The van der Waals surface area contributed by atoms with Gasteiger partial charge in [0.15, 0.2) is 0 Å². The predicted molar refractivity (Wildman–Crippen MR) is 94.9 cm³/mol. The predicted octanol–water partition coefficient (Wildman–Crippen LogP) is 3.01. The van der Waals surface area contributed by atoms with E-state index >= 15 is 0 Å². The monoisotopic (exact) mass is 352 g/mol. The number of carboxylic acid groups (broad SMARTS) is 1. The minimum Gasteiger partial charge on any atom is -0.478 e. The van der Waals surface area contributed by atoms with Crippen molar-refractivity contribution in [2.75, 3.05) is 32.5 Å². The van der Waals surface area contributed by atoms with Crippen molar-refractivity contribution in [3.8, 4) is 0 Å². The highest BCUT2D eigenvalue weighted by molar-refractivity contribution is 6.33. The van der Waals surface area contributed by atoms with Crippen LogP contribution in [0.15, 0.2) is 6.07 Å². The average molecular weight is 353 g/mol. The molecule has 132 valence electrons. The lowest BCUT2D eigenvalue weighted by Gasteiger charge is -2.40. The van der Waals surface area contributed by atoms with Crippen LogP contribution in [0.1, 0.15) is 47.2 Å². The number of nitrogen functional groups attached to an aromatic ring is 1. The van der Waals surface area contributed by atoms with Crippen molar-refractivity contribution in [3.05, 3.63) is 27.8 Å². The van der Waals surface area contributed by atoms with Crippen molar-refractivity contribution in [3.63, 3.8) is 0 Å².